The lowest BCUT2D eigenvalue weighted by Gasteiger charge is -2.06. The molecule has 0 aliphatic rings. The topological polar surface area (TPSA) is 62.1 Å². The van der Waals surface area contributed by atoms with Crippen LogP contribution in [0, 0.1) is 0 Å². The third-order valence-electron chi connectivity index (χ3n) is 3.90. The first-order valence-corrected chi connectivity index (χ1v) is 9.37. The molecule has 4 rings (SSSR count). The van der Waals surface area contributed by atoms with Crippen molar-refractivity contribution < 1.29 is 22.6 Å². The van der Waals surface area contributed by atoms with Crippen LogP contribution < -0.4 is 9.47 Å². The third-order valence-corrected chi connectivity index (χ3v) is 4.91. The molecule has 0 aliphatic heterocycles. The molecule has 6 nitrogen and oxygen atoms in total. The van der Waals surface area contributed by atoms with Crippen LogP contribution in [0.15, 0.2) is 48.5 Å². The minimum Gasteiger partial charge on any atom is -0.486 e. The minimum atomic E-state index is -4.44. The van der Waals surface area contributed by atoms with Crippen molar-refractivity contribution in [3.63, 3.8) is 0 Å². The van der Waals surface area contributed by atoms with E-state index in [0.29, 0.717) is 17.9 Å². The van der Waals surface area contributed by atoms with Gasteiger partial charge in [0.15, 0.2) is 12.4 Å². The monoisotopic (exact) mass is 420 g/mol. The number of ether oxygens (including phenoxy) is 2. The van der Waals surface area contributed by atoms with E-state index >= 15 is 0 Å². The van der Waals surface area contributed by atoms with Gasteiger partial charge in [0.25, 0.3) is 0 Å². The van der Waals surface area contributed by atoms with Gasteiger partial charge in [0.2, 0.25) is 0 Å². The number of hydrogen-bond donors (Lipinski definition) is 0. The molecule has 29 heavy (non-hydrogen) atoms. The first-order chi connectivity index (χ1) is 13.9. The fraction of sp³-hybridized carbons (Fsp3) is 0.211. The predicted molar refractivity (Wildman–Crippen MR) is 102 cm³/mol. The number of fused-ring (bicyclic) bond motifs is 1. The molecule has 0 atom stereocenters. The van der Waals surface area contributed by atoms with Crippen LogP contribution in [0.1, 0.15) is 5.01 Å². The number of halogens is 3. The zero-order valence-corrected chi connectivity index (χ0v) is 16.0. The van der Waals surface area contributed by atoms with Crippen molar-refractivity contribution in [1.29, 1.82) is 0 Å². The zero-order valence-electron chi connectivity index (χ0n) is 15.2. The summed E-state index contributed by atoms with van der Waals surface area (Å²) in [6.45, 7) is -1.08. The molecule has 0 unspecified atom stereocenters. The molecule has 10 heteroatoms. The second kappa shape index (κ2) is 7.70. The summed E-state index contributed by atoms with van der Waals surface area (Å²) < 4.78 is 49.6. The summed E-state index contributed by atoms with van der Waals surface area (Å²) >= 11 is 1.57. The van der Waals surface area contributed by atoms with Crippen molar-refractivity contribution in [2.24, 2.45) is 7.05 Å². The molecule has 0 saturated carbocycles. The van der Waals surface area contributed by atoms with E-state index in [1.54, 1.807) is 35.6 Å². The number of aromatic nitrogens is 4. The first kappa shape index (κ1) is 19.2. The molecule has 0 fully saturated rings. The van der Waals surface area contributed by atoms with E-state index in [0.717, 1.165) is 15.2 Å². The van der Waals surface area contributed by atoms with Gasteiger partial charge in [-0.2, -0.15) is 18.2 Å². The Morgan fingerprint density at radius 3 is 2.48 bits per heavy atom. The highest BCUT2D eigenvalue weighted by atomic mass is 32.1. The molecule has 0 amide bonds. The fourth-order valence-electron chi connectivity index (χ4n) is 2.59. The van der Waals surface area contributed by atoms with E-state index in [-0.39, 0.29) is 11.8 Å². The van der Waals surface area contributed by atoms with Crippen molar-refractivity contribution in [2.75, 3.05) is 6.61 Å². The molecule has 2 heterocycles. The molecule has 4 aromatic rings. The molecule has 0 N–H and O–H groups in total. The number of alkyl halides is 3. The maximum Gasteiger partial charge on any atom is 0.422 e. The summed E-state index contributed by atoms with van der Waals surface area (Å²) in [6.07, 6.45) is -4.44. The van der Waals surface area contributed by atoms with Crippen molar-refractivity contribution in [3.05, 3.63) is 53.5 Å². The number of thiazole rings is 1. The van der Waals surface area contributed by atoms with Gasteiger partial charge in [0, 0.05) is 12.6 Å². The van der Waals surface area contributed by atoms with E-state index in [1.807, 2.05) is 24.3 Å². The van der Waals surface area contributed by atoms with Crippen molar-refractivity contribution >= 4 is 21.6 Å². The summed E-state index contributed by atoms with van der Waals surface area (Å²) in [5.74, 6) is 0.903. The van der Waals surface area contributed by atoms with Crippen molar-refractivity contribution in [2.45, 2.75) is 12.8 Å². The van der Waals surface area contributed by atoms with Crippen LogP contribution in [0.25, 0.3) is 21.6 Å². The van der Waals surface area contributed by atoms with E-state index in [2.05, 4.69) is 19.8 Å². The number of para-hydroxylation sites is 1. The maximum atomic E-state index is 12.3. The summed E-state index contributed by atoms with van der Waals surface area (Å²) in [7, 11) is 1.47. The van der Waals surface area contributed by atoms with Gasteiger partial charge in [-0.25, -0.2) is 9.67 Å². The van der Waals surface area contributed by atoms with Crippen LogP contribution in [0.4, 0.5) is 13.2 Å². The zero-order chi connectivity index (χ0) is 20.4. The van der Waals surface area contributed by atoms with Gasteiger partial charge in [0.05, 0.1) is 10.2 Å². The highest BCUT2D eigenvalue weighted by molar-refractivity contribution is 7.18. The molecule has 0 radical (unpaired) electrons. The summed E-state index contributed by atoms with van der Waals surface area (Å²) in [6, 6.07) is 14.6. The number of rotatable bonds is 6. The number of aryl methyl sites for hydroxylation is 1. The quantitative estimate of drug-likeness (QED) is 0.456. The predicted octanol–water partition coefficient (Wildman–Crippen LogP) is 4.61. The van der Waals surface area contributed by atoms with Crippen LogP contribution in [0.5, 0.6) is 11.8 Å². The van der Waals surface area contributed by atoms with Gasteiger partial charge >= 0.3 is 12.2 Å². The Labute approximate surface area is 167 Å². The van der Waals surface area contributed by atoms with Gasteiger partial charge in [0.1, 0.15) is 17.4 Å². The van der Waals surface area contributed by atoms with E-state index in [4.69, 9.17) is 4.74 Å². The Hall–Kier alpha value is -3.14. The Bertz CT molecular complexity index is 1090. The molecule has 0 spiro atoms. The molecule has 2 aromatic heterocycles. The summed E-state index contributed by atoms with van der Waals surface area (Å²) in [5, 5.41) is 4.96. The highest BCUT2D eigenvalue weighted by Gasteiger charge is 2.29. The van der Waals surface area contributed by atoms with E-state index in [9.17, 15) is 13.2 Å². The lowest BCUT2D eigenvalue weighted by Crippen LogP contribution is -2.20. The number of nitrogens with zero attached hydrogens (tertiary/aromatic N) is 4. The van der Waals surface area contributed by atoms with Gasteiger partial charge in [-0.1, -0.05) is 12.1 Å². The Morgan fingerprint density at radius 1 is 1.00 bits per heavy atom. The Kier molecular flexibility index (Phi) is 5.10. The minimum absolute atomic E-state index is 0.200. The lowest BCUT2D eigenvalue weighted by molar-refractivity contribution is -0.155. The second-order valence-corrected chi connectivity index (χ2v) is 7.25. The normalized spacial score (nSPS) is 11.7. The van der Waals surface area contributed by atoms with E-state index in [1.165, 1.54) is 11.7 Å². The average Bonchev–Trinajstić information content (AvgIpc) is 3.27. The number of benzene rings is 2. The smallest absolute Gasteiger partial charge is 0.422 e. The van der Waals surface area contributed by atoms with E-state index < -0.39 is 12.8 Å². The SMILES string of the molecule is Cn1nc(-c2ccc(OCc3nc4ccccc4s3)cc2)nc1OCC(F)(F)F. The van der Waals surface area contributed by atoms with Gasteiger partial charge < -0.3 is 9.47 Å². The molecule has 0 aliphatic carbocycles. The molecule has 0 bridgehead atoms. The van der Waals surface area contributed by atoms with Crippen LogP contribution in [-0.2, 0) is 13.7 Å². The average molecular weight is 420 g/mol. The van der Waals surface area contributed by atoms with Gasteiger partial charge in [-0.05, 0) is 36.4 Å². The third kappa shape index (κ3) is 4.65. The van der Waals surface area contributed by atoms with Crippen LogP contribution in [0.2, 0.25) is 0 Å². The van der Waals surface area contributed by atoms with Crippen LogP contribution in [-0.4, -0.2) is 32.5 Å². The highest BCUT2D eigenvalue weighted by Crippen LogP contribution is 2.25. The summed E-state index contributed by atoms with van der Waals surface area (Å²) in [4.78, 5) is 8.53. The lowest BCUT2D eigenvalue weighted by atomic mass is 10.2. The van der Waals surface area contributed by atoms with Gasteiger partial charge in [-0.3, -0.25) is 0 Å². The van der Waals surface area contributed by atoms with Crippen LogP contribution >= 0.6 is 11.3 Å². The molecule has 0 saturated heterocycles. The molecule has 150 valence electrons. The second-order valence-electron chi connectivity index (χ2n) is 6.13. The van der Waals surface area contributed by atoms with Gasteiger partial charge in [-0.15, -0.1) is 16.4 Å². The fourth-order valence-corrected chi connectivity index (χ4v) is 3.47. The van der Waals surface area contributed by atoms with Crippen molar-refractivity contribution in [3.8, 4) is 23.1 Å². The molecular formula is C19H15F3N4O2S. The Morgan fingerprint density at radius 2 is 1.76 bits per heavy atom. The maximum absolute atomic E-state index is 12.3. The Balaban J connectivity index is 1.41. The van der Waals surface area contributed by atoms with Crippen LogP contribution in [0.3, 0.4) is 0 Å². The van der Waals surface area contributed by atoms with Crippen molar-refractivity contribution in [1.82, 2.24) is 19.7 Å². The molecule has 2 aromatic carbocycles. The molecular weight excluding hydrogens is 405 g/mol. The largest absolute Gasteiger partial charge is 0.486 e. The number of hydrogen-bond acceptors (Lipinski definition) is 6. The first-order valence-electron chi connectivity index (χ1n) is 8.56. The standard InChI is InChI=1S/C19H15F3N4O2S/c1-26-18(28-11-19(20,21)22)24-17(25-26)12-6-8-13(9-7-12)27-10-16-23-14-4-2-3-5-15(14)29-16/h2-9H,10-11H2,1H3. The summed E-state index contributed by atoms with van der Waals surface area (Å²) in [5.41, 5.74) is 1.58.